The summed E-state index contributed by atoms with van der Waals surface area (Å²) in [6.45, 7) is 8.93. The van der Waals surface area contributed by atoms with Gasteiger partial charge in [-0.2, -0.15) is 0 Å². The number of nitrogens with zero attached hydrogens (tertiary/aromatic N) is 1. The van der Waals surface area contributed by atoms with Crippen LogP contribution in [-0.2, 0) is 4.53 Å². The van der Waals surface area contributed by atoms with Gasteiger partial charge in [-0.15, -0.1) is 0 Å². The van der Waals surface area contributed by atoms with Gasteiger partial charge in [0.2, 0.25) is 8.32 Å². The van der Waals surface area contributed by atoms with Crippen LogP contribution in [0.1, 0.15) is 6.42 Å². The van der Waals surface area contributed by atoms with Crippen molar-refractivity contribution in [2.24, 2.45) is 0 Å². The van der Waals surface area contributed by atoms with Crippen molar-refractivity contribution in [3.8, 4) is 0 Å². The minimum absolute atomic E-state index is 1.14. The minimum atomic E-state index is -1.26. The van der Waals surface area contributed by atoms with Crippen molar-refractivity contribution in [1.82, 2.24) is 5.06 Å². The maximum Gasteiger partial charge on any atom is 0.212 e. The van der Waals surface area contributed by atoms with E-state index in [1.807, 2.05) is 0 Å². The molecule has 9 heavy (non-hydrogen) atoms. The minimum Gasteiger partial charge on any atom is -0.343 e. The molecule has 0 N–H and O–H groups in total. The fourth-order valence-corrected chi connectivity index (χ4v) is 1.72. The summed E-state index contributed by atoms with van der Waals surface area (Å²) < 4.78 is 5.65. The molecule has 1 aliphatic rings. The normalized spacial score (nSPS) is 21.7. The smallest absolute Gasteiger partial charge is 0.212 e. The molecule has 0 aromatic carbocycles. The van der Waals surface area contributed by atoms with E-state index in [4.69, 9.17) is 4.53 Å². The summed E-state index contributed by atoms with van der Waals surface area (Å²) in [5.74, 6) is 0. The Morgan fingerprint density at radius 3 is 1.89 bits per heavy atom. The Morgan fingerprint density at radius 2 is 1.78 bits per heavy atom. The Morgan fingerprint density at radius 1 is 1.22 bits per heavy atom. The van der Waals surface area contributed by atoms with Gasteiger partial charge >= 0.3 is 0 Å². The zero-order chi connectivity index (χ0) is 6.91. The van der Waals surface area contributed by atoms with Crippen molar-refractivity contribution in [3.05, 3.63) is 0 Å². The molecular weight excluding hydrogens is 130 g/mol. The van der Waals surface area contributed by atoms with Gasteiger partial charge in [0, 0.05) is 13.1 Å². The van der Waals surface area contributed by atoms with Crippen molar-refractivity contribution >= 4 is 8.32 Å². The van der Waals surface area contributed by atoms with Gasteiger partial charge < -0.3 is 4.53 Å². The fourth-order valence-electron chi connectivity index (χ4n) is 0.766. The van der Waals surface area contributed by atoms with Crippen molar-refractivity contribution in [2.45, 2.75) is 26.1 Å². The monoisotopic (exact) mass is 145 g/mol. The van der Waals surface area contributed by atoms with Gasteiger partial charge in [0.05, 0.1) is 0 Å². The predicted molar refractivity (Wildman–Crippen MR) is 40.6 cm³/mol. The van der Waals surface area contributed by atoms with E-state index in [2.05, 4.69) is 24.7 Å². The van der Waals surface area contributed by atoms with Gasteiger partial charge in [0.25, 0.3) is 0 Å². The van der Waals surface area contributed by atoms with Gasteiger partial charge in [-0.25, -0.2) is 5.06 Å². The molecular formula is C6H15NOSi. The lowest BCUT2D eigenvalue weighted by Crippen LogP contribution is -2.44. The van der Waals surface area contributed by atoms with Crippen LogP contribution in [0.25, 0.3) is 0 Å². The zero-order valence-electron chi connectivity index (χ0n) is 6.48. The second kappa shape index (κ2) is 2.40. The largest absolute Gasteiger partial charge is 0.343 e. The van der Waals surface area contributed by atoms with E-state index in [1.54, 1.807) is 0 Å². The zero-order valence-corrected chi connectivity index (χ0v) is 7.48. The van der Waals surface area contributed by atoms with Crippen LogP contribution in [0.2, 0.25) is 19.6 Å². The number of hydrogen-bond acceptors (Lipinski definition) is 2. The van der Waals surface area contributed by atoms with E-state index >= 15 is 0 Å². The highest BCUT2D eigenvalue weighted by Gasteiger charge is 2.23. The average Bonchev–Trinajstić information content (AvgIpc) is 1.53. The van der Waals surface area contributed by atoms with Crippen molar-refractivity contribution < 1.29 is 4.53 Å². The van der Waals surface area contributed by atoms with Crippen LogP contribution >= 0.6 is 0 Å². The van der Waals surface area contributed by atoms with Crippen LogP contribution in [0.15, 0.2) is 0 Å². The van der Waals surface area contributed by atoms with E-state index in [0.717, 1.165) is 13.1 Å². The molecule has 0 unspecified atom stereocenters. The van der Waals surface area contributed by atoms with Crippen LogP contribution in [0, 0.1) is 0 Å². The fraction of sp³-hybridized carbons (Fsp3) is 1.00. The Kier molecular flexibility index (Phi) is 1.93. The van der Waals surface area contributed by atoms with Gasteiger partial charge in [0.1, 0.15) is 0 Å². The van der Waals surface area contributed by atoms with E-state index < -0.39 is 8.32 Å². The lowest BCUT2D eigenvalue weighted by Gasteiger charge is -2.35. The van der Waals surface area contributed by atoms with Crippen molar-refractivity contribution in [1.29, 1.82) is 0 Å². The first-order valence-electron chi connectivity index (χ1n) is 3.52. The maximum absolute atomic E-state index is 5.65. The SMILES string of the molecule is C[Si](C)(C)ON1CCC1. The molecule has 3 heteroatoms. The third-order valence-electron chi connectivity index (χ3n) is 1.22. The molecule has 1 saturated heterocycles. The Bertz CT molecular complexity index is 95.7. The number of hydroxylamine groups is 2. The molecule has 0 aromatic rings. The highest BCUT2D eigenvalue weighted by molar-refractivity contribution is 6.69. The molecule has 1 fully saturated rings. The molecule has 0 spiro atoms. The summed E-state index contributed by atoms with van der Waals surface area (Å²) in [7, 11) is -1.26. The van der Waals surface area contributed by atoms with Crippen LogP contribution in [0.4, 0.5) is 0 Å². The topological polar surface area (TPSA) is 12.5 Å². The van der Waals surface area contributed by atoms with Crippen LogP contribution < -0.4 is 0 Å². The summed E-state index contributed by atoms with van der Waals surface area (Å²) in [5.41, 5.74) is 0. The summed E-state index contributed by atoms with van der Waals surface area (Å²) in [6.07, 6.45) is 1.31. The quantitative estimate of drug-likeness (QED) is 0.545. The third kappa shape index (κ3) is 2.47. The molecule has 2 nitrogen and oxygen atoms in total. The molecule has 1 aliphatic heterocycles. The molecule has 0 aliphatic carbocycles. The highest BCUT2D eigenvalue weighted by Crippen LogP contribution is 2.12. The van der Waals surface area contributed by atoms with E-state index in [9.17, 15) is 0 Å². The Balaban J connectivity index is 2.16. The van der Waals surface area contributed by atoms with E-state index in [0.29, 0.717) is 0 Å². The summed E-state index contributed by atoms with van der Waals surface area (Å²) >= 11 is 0. The number of hydrogen-bond donors (Lipinski definition) is 0. The first-order valence-corrected chi connectivity index (χ1v) is 6.93. The molecule has 0 saturated carbocycles. The van der Waals surface area contributed by atoms with Gasteiger partial charge in [-0.3, -0.25) is 0 Å². The van der Waals surface area contributed by atoms with Crippen molar-refractivity contribution in [2.75, 3.05) is 13.1 Å². The Labute approximate surface area is 57.9 Å². The molecule has 0 atom stereocenters. The number of rotatable bonds is 2. The first-order chi connectivity index (χ1) is 4.08. The van der Waals surface area contributed by atoms with Crippen LogP contribution in [0.3, 0.4) is 0 Å². The van der Waals surface area contributed by atoms with E-state index in [-0.39, 0.29) is 0 Å². The summed E-state index contributed by atoms with van der Waals surface area (Å²) in [4.78, 5) is 0. The van der Waals surface area contributed by atoms with Crippen LogP contribution in [0.5, 0.6) is 0 Å². The lowest BCUT2D eigenvalue weighted by molar-refractivity contribution is -0.116. The third-order valence-corrected chi connectivity index (χ3v) is 2.02. The van der Waals surface area contributed by atoms with Gasteiger partial charge in [-0.05, 0) is 26.1 Å². The lowest BCUT2D eigenvalue weighted by atomic mass is 10.3. The molecule has 0 amide bonds. The molecule has 1 heterocycles. The maximum atomic E-state index is 5.65. The second-order valence-corrected chi connectivity index (χ2v) is 7.89. The first kappa shape index (κ1) is 7.25. The summed E-state index contributed by atoms with van der Waals surface area (Å²) in [5, 5.41) is 2.08. The molecule has 0 aromatic heterocycles. The predicted octanol–water partition coefficient (Wildman–Crippen LogP) is 1.46. The van der Waals surface area contributed by atoms with Gasteiger partial charge in [-0.1, -0.05) is 0 Å². The second-order valence-electron chi connectivity index (χ2n) is 3.49. The Hall–Kier alpha value is 0.137. The highest BCUT2D eigenvalue weighted by atomic mass is 28.4. The van der Waals surface area contributed by atoms with Crippen molar-refractivity contribution in [3.63, 3.8) is 0 Å². The molecule has 0 bridgehead atoms. The molecule has 54 valence electrons. The van der Waals surface area contributed by atoms with Crippen LogP contribution in [-0.4, -0.2) is 26.5 Å². The van der Waals surface area contributed by atoms with Gasteiger partial charge in [0.15, 0.2) is 0 Å². The molecule has 0 radical (unpaired) electrons. The summed E-state index contributed by atoms with van der Waals surface area (Å²) in [6, 6.07) is 0. The van der Waals surface area contributed by atoms with E-state index in [1.165, 1.54) is 6.42 Å². The average molecular weight is 145 g/mol. The molecule has 1 rings (SSSR count). The standard InChI is InChI=1S/C6H15NOSi/c1-9(2,3)8-7-5-4-6-7/h4-6H2,1-3H3.